The smallest absolute Gasteiger partial charge is 0.308 e. The van der Waals surface area contributed by atoms with Crippen LogP contribution in [0.4, 0.5) is 0 Å². The minimum Gasteiger partial charge on any atom is -0.489 e. The van der Waals surface area contributed by atoms with Crippen molar-refractivity contribution in [3.8, 4) is 22.7 Å². The zero-order valence-electron chi connectivity index (χ0n) is 20.5. The van der Waals surface area contributed by atoms with Crippen LogP contribution in [0, 0.1) is 11.8 Å². The first kappa shape index (κ1) is 25.5. The van der Waals surface area contributed by atoms with Crippen molar-refractivity contribution in [1.82, 2.24) is 4.90 Å². The highest BCUT2D eigenvalue weighted by Crippen LogP contribution is 2.34. The van der Waals surface area contributed by atoms with Gasteiger partial charge in [-0.15, -0.1) is 17.3 Å². The van der Waals surface area contributed by atoms with Gasteiger partial charge < -0.3 is 14.6 Å². The summed E-state index contributed by atoms with van der Waals surface area (Å²) in [5.41, 5.74) is 4.42. The van der Waals surface area contributed by atoms with Gasteiger partial charge in [0.1, 0.15) is 12.4 Å². The number of esters is 1. The molecular weight excluding hydrogens is 474 g/mol. The Balaban J connectivity index is 1.33. The highest BCUT2D eigenvalue weighted by atomic mass is 32.1. The van der Waals surface area contributed by atoms with Crippen molar-refractivity contribution in [3.05, 3.63) is 81.7 Å². The minimum absolute atomic E-state index is 0.0219. The van der Waals surface area contributed by atoms with Crippen LogP contribution in [0.1, 0.15) is 53.3 Å². The summed E-state index contributed by atoms with van der Waals surface area (Å²) in [6.45, 7) is 6.23. The van der Waals surface area contributed by atoms with Crippen LogP contribution < -0.4 is 9.47 Å². The number of carbonyl (C=O) groups is 2. The van der Waals surface area contributed by atoms with Crippen LogP contribution in [0.25, 0.3) is 0 Å². The summed E-state index contributed by atoms with van der Waals surface area (Å²) in [7, 11) is 0. The molecule has 0 fully saturated rings. The molecule has 0 spiro atoms. The van der Waals surface area contributed by atoms with E-state index in [1.807, 2.05) is 30.3 Å². The average molecular weight is 504 g/mol. The van der Waals surface area contributed by atoms with Crippen LogP contribution in [0.3, 0.4) is 0 Å². The average Bonchev–Trinajstić information content (AvgIpc) is 3.23. The number of thiophene rings is 1. The van der Waals surface area contributed by atoms with Gasteiger partial charge in [0.25, 0.3) is 0 Å². The molecule has 1 unspecified atom stereocenters. The highest BCUT2D eigenvalue weighted by molar-refractivity contribution is 7.14. The molecule has 1 aromatic heterocycles. The van der Waals surface area contributed by atoms with Gasteiger partial charge in [0, 0.05) is 31.4 Å². The molecule has 0 saturated carbocycles. The first-order valence-corrected chi connectivity index (χ1v) is 12.7. The van der Waals surface area contributed by atoms with Gasteiger partial charge in [-0.05, 0) is 53.8 Å². The van der Waals surface area contributed by atoms with E-state index >= 15 is 0 Å². The normalized spacial score (nSPS) is 13.7. The number of carboxylic acid groups (broad SMARTS) is 1. The second-order valence-electron chi connectivity index (χ2n) is 8.79. The summed E-state index contributed by atoms with van der Waals surface area (Å²) >= 11 is 1.57. The van der Waals surface area contributed by atoms with Crippen LogP contribution in [-0.2, 0) is 35.7 Å². The van der Waals surface area contributed by atoms with Gasteiger partial charge in [0.2, 0.25) is 0 Å². The second kappa shape index (κ2) is 11.9. The number of hydrogen-bond acceptors (Lipinski definition) is 6. The van der Waals surface area contributed by atoms with E-state index in [-0.39, 0.29) is 18.3 Å². The molecule has 6 nitrogen and oxygen atoms in total. The third-order valence-electron chi connectivity index (χ3n) is 5.95. The zero-order valence-corrected chi connectivity index (χ0v) is 21.3. The summed E-state index contributed by atoms with van der Waals surface area (Å²) in [6, 6.07) is 17.9. The van der Waals surface area contributed by atoms with Crippen molar-refractivity contribution in [2.45, 2.75) is 52.3 Å². The predicted molar refractivity (Wildman–Crippen MR) is 139 cm³/mol. The van der Waals surface area contributed by atoms with Crippen molar-refractivity contribution in [2.24, 2.45) is 0 Å². The fraction of sp³-hybridized carbons (Fsp3) is 0.310. The number of hydrogen-bond donors (Lipinski definition) is 1. The second-order valence-corrected chi connectivity index (χ2v) is 9.89. The quantitative estimate of drug-likeness (QED) is 0.312. The van der Waals surface area contributed by atoms with Crippen molar-refractivity contribution < 1.29 is 24.2 Å². The number of carbonyl (C=O) groups excluding carboxylic acids is 1. The maximum atomic E-state index is 11.2. The molecule has 7 heteroatoms. The molecule has 3 aromatic rings. The largest absolute Gasteiger partial charge is 0.489 e. The number of benzene rings is 2. The van der Waals surface area contributed by atoms with E-state index in [1.54, 1.807) is 18.3 Å². The monoisotopic (exact) mass is 503 g/mol. The lowest BCUT2D eigenvalue weighted by molar-refractivity contribution is -0.137. The van der Waals surface area contributed by atoms with Crippen molar-refractivity contribution in [1.29, 1.82) is 0 Å². The lowest BCUT2D eigenvalue weighted by Gasteiger charge is -2.26. The molecule has 4 rings (SSSR count). The third-order valence-corrected chi connectivity index (χ3v) is 7.07. The van der Waals surface area contributed by atoms with Crippen molar-refractivity contribution in [3.63, 3.8) is 0 Å². The van der Waals surface area contributed by atoms with Crippen molar-refractivity contribution in [2.75, 3.05) is 6.54 Å². The topological polar surface area (TPSA) is 76.1 Å². The first-order valence-electron chi connectivity index (χ1n) is 11.9. The van der Waals surface area contributed by atoms with Crippen LogP contribution in [0.5, 0.6) is 10.8 Å². The predicted octanol–water partition coefficient (Wildman–Crippen LogP) is 5.39. The Morgan fingerprint density at radius 1 is 1.14 bits per heavy atom. The van der Waals surface area contributed by atoms with Gasteiger partial charge in [0.15, 0.2) is 5.06 Å². The lowest BCUT2D eigenvalue weighted by Crippen LogP contribution is -2.29. The number of nitrogens with zero attached hydrogens (tertiary/aromatic N) is 1. The standard InChI is InChI=1S/C29H29NO5S/c1-3-5-24(15-28(32)33)23-8-10-26(11-9-23)34-19-22-7-4-6-21(14-22)17-30-13-12-27-25(18-30)16-29(36-27)35-20(2)31/h4,6-11,14,16,24H,12-13,15,17-19H2,1-2H3,(H,32,33). The molecule has 2 aromatic carbocycles. The first-order chi connectivity index (χ1) is 17.4. The molecule has 1 aliphatic rings. The van der Waals surface area contributed by atoms with E-state index in [0.29, 0.717) is 11.7 Å². The number of carboxylic acids is 1. The molecule has 0 aliphatic carbocycles. The fourth-order valence-corrected chi connectivity index (χ4v) is 5.38. The minimum atomic E-state index is -0.866. The van der Waals surface area contributed by atoms with Crippen LogP contribution >= 0.6 is 11.3 Å². The van der Waals surface area contributed by atoms with E-state index in [4.69, 9.17) is 14.6 Å². The SMILES string of the molecule is CC#CC(CC(=O)O)c1ccc(OCc2cccc(CN3CCc4sc(OC(C)=O)cc4C3)c2)cc1. The Morgan fingerprint density at radius 2 is 1.92 bits per heavy atom. The van der Waals surface area contributed by atoms with Gasteiger partial charge in [-0.25, -0.2) is 0 Å². The van der Waals surface area contributed by atoms with Gasteiger partial charge in [0.05, 0.1) is 12.3 Å². The number of ether oxygens (including phenoxy) is 2. The molecule has 0 radical (unpaired) electrons. The zero-order chi connectivity index (χ0) is 25.5. The summed E-state index contributed by atoms with van der Waals surface area (Å²) in [6.07, 6.45) is 0.934. The Bertz CT molecular complexity index is 1280. The Morgan fingerprint density at radius 3 is 2.64 bits per heavy atom. The van der Waals surface area contributed by atoms with Gasteiger partial charge >= 0.3 is 11.9 Å². The fourth-order valence-electron chi connectivity index (χ4n) is 4.33. The van der Waals surface area contributed by atoms with Crippen LogP contribution in [0.15, 0.2) is 54.6 Å². The van der Waals surface area contributed by atoms with E-state index in [1.165, 1.54) is 22.9 Å². The molecule has 186 valence electrons. The van der Waals surface area contributed by atoms with Gasteiger partial charge in [-0.1, -0.05) is 42.3 Å². The van der Waals surface area contributed by atoms with E-state index in [2.05, 4.69) is 41.0 Å². The van der Waals surface area contributed by atoms with E-state index < -0.39 is 5.97 Å². The number of fused-ring (bicyclic) bond motifs is 1. The molecule has 1 N–H and O–H groups in total. The molecule has 0 bridgehead atoms. The van der Waals surface area contributed by atoms with Crippen molar-refractivity contribution >= 4 is 23.3 Å². The summed E-state index contributed by atoms with van der Waals surface area (Å²) in [5, 5.41) is 9.80. The molecular formula is C29H29NO5S. The van der Waals surface area contributed by atoms with E-state index in [0.717, 1.165) is 42.9 Å². The molecule has 0 saturated heterocycles. The summed E-state index contributed by atoms with van der Waals surface area (Å²) in [4.78, 5) is 26.1. The Kier molecular flexibility index (Phi) is 8.42. The lowest BCUT2D eigenvalue weighted by atomic mass is 9.96. The molecule has 1 aliphatic heterocycles. The van der Waals surface area contributed by atoms with Crippen LogP contribution in [-0.4, -0.2) is 28.5 Å². The molecule has 2 heterocycles. The maximum absolute atomic E-state index is 11.2. The summed E-state index contributed by atoms with van der Waals surface area (Å²) in [5.74, 6) is 5.03. The third kappa shape index (κ3) is 6.97. The number of aliphatic carboxylic acids is 1. The van der Waals surface area contributed by atoms with Gasteiger partial charge in [-0.3, -0.25) is 14.5 Å². The molecule has 1 atom stereocenters. The highest BCUT2D eigenvalue weighted by Gasteiger charge is 2.20. The maximum Gasteiger partial charge on any atom is 0.308 e. The molecule has 0 amide bonds. The van der Waals surface area contributed by atoms with Gasteiger partial charge in [-0.2, -0.15) is 0 Å². The Hall–Kier alpha value is -3.60. The molecule has 36 heavy (non-hydrogen) atoms. The summed E-state index contributed by atoms with van der Waals surface area (Å²) < 4.78 is 11.2. The van der Waals surface area contributed by atoms with E-state index in [9.17, 15) is 9.59 Å². The van der Waals surface area contributed by atoms with Crippen LogP contribution in [0.2, 0.25) is 0 Å². The Labute approximate surface area is 215 Å². The number of rotatable bonds is 9.